The lowest BCUT2D eigenvalue weighted by Gasteiger charge is -2.22. The summed E-state index contributed by atoms with van der Waals surface area (Å²) in [6.45, 7) is 3.32. The molecule has 1 aliphatic rings. The third-order valence-electron chi connectivity index (χ3n) is 5.69. The quantitative estimate of drug-likeness (QED) is 0.211. The van der Waals surface area contributed by atoms with Gasteiger partial charge in [-0.05, 0) is 43.9 Å². The molecule has 0 bridgehead atoms. The summed E-state index contributed by atoms with van der Waals surface area (Å²) in [5.74, 6) is 0.0951. The number of carbonyl (C=O) groups excluding carboxylic acids is 3. The van der Waals surface area contributed by atoms with Gasteiger partial charge in [-0.3, -0.25) is 9.59 Å². The lowest BCUT2D eigenvalue weighted by Crippen LogP contribution is -2.32. The van der Waals surface area contributed by atoms with Crippen LogP contribution in [-0.4, -0.2) is 41.8 Å². The molecule has 5 nitrogen and oxygen atoms in total. The molecule has 1 aromatic carbocycles. The summed E-state index contributed by atoms with van der Waals surface area (Å²) in [5, 5.41) is 0. The second kappa shape index (κ2) is 14.6. The number of rotatable bonds is 15. The zero-order valence-electron chi connectivity index (χ0n) is 18.9. The molecule has 0 radical (unpaired) electrons. The normalized spacial score (nSPS) is 16.2. The van der Waals surface area contributed by atoms with Crippen LogP contribution in [0.4, 0.5) is 0 Å². The number of benzene rings is 1. The van der Waals surface area contributed by atoms with Crippen molar-refractivity contribution in [2.75, 3.05) is 13.2 Å². The van der Waals surface area contributed by atoms with Crippen LogP contribution in [0.2, 0.25) is 0 Å². The Hall–Kier alpha value is -2.43. The summed E-state index contributed by atoms with van der Waals surface area (Å²) in [4.78, 5) is 37.9. The van der Waals surface area contributed by atoms with Crippen LogP contribution in [0.3, 0.4) is 0 Å². The maximum absolute atomic E-state index is 12.2. The van der Waals surface area contributed by atoms with Gasteiger partial charge >= 0.3 is 5.97 Å². The van der Waals surface area contributed by atoms with Crippen molar-refractivity contribution in [3.63, 3.8) is 0 Å². The summed E-state index contributed by atoms with van der Waals surface area (Å²) in [5.41, 5.74) is 0.587. The Kier molecular flexibility index (Phi) is 11.7. The second-order valence-corrected chi connectivity index (χ2v) is 8.25. The highest BCUT2D eigenvalue weighted by Crippen LogP contribution is 2.21. The largest absolute Gasteiger partial charge is 0.462 e. The Morgan fingerprint density at radius 2 is 1.77 bits per heavy atom. The van der Waals surface area contributed by atoms with Gasteiger partial charge in [-0.2, -0.15) is 0 Å². The van der Waals surface area contributed by atoms with E-state index in [2.05, 4.69) is 6.92 Å². The van der Waals surface area contributed by atoms with Crippen LogP contribution in [0.25, 0.3) is 0 Å². The molecule has 0 saturated carbocycles. The van der Waals surface area contributed by atoms with Crippen molar-refractivity contribution in [2.45, 2.75) is 83.6 Å². The summed E-state index contributed by atoms with van der Waals surface area (Å²) >= 11 is 0. The standard InChI is InChI=1S/C26H37NO4/c1-2-3-8-15-24(28)18-16-23-17-19-25(29)27(23)20-11-5-4-6-12-21-31-26(30)22-13-9-7-10-14-22/h7,9-10,13-14,16,18,23H,2-6,8,11-12,15,17,19-21H2,1H3/b18-16+. The first kappa shape index (κ1) is 24.8. The van der Waals surface area contributed by atoms with Gasteiger partial charge in [0.25, 0.3) is 0 Å². The van der Waals surface area contributed by atoms with Crippen molar-refractivity contribution in [3.8, 4) is 0 Å². The molecule has 1 amide bonds. The van der Waals surface area contributed by atoms with Crippen molar-refractivity contribution in [1.82, 2.24) is 4.90 Å². The van der Waals surface area contributed by atoms with Crippen LogP contribution >= 0.6 is 0 Å². The minimum atomic E-state index is -0.268. The summed E-state index contributed by atoms with van der Waals surface area (Å²) in [6.07, 6.45) is 13.7. The molecule has 170 valence electrons. The zero-order valence-corrected chi connectivity index (χ0v) is 18.9. The Labute approximate surface area is 186 Å². The van der Waals surface area contributed by atoms with Gasteiger partial charge in [0.15, 0.2) is 5.78 Å². The Bertz CT molecular complexity index is 713. The molecule has 1 aromatic rings. The van der Waals surface area contributed by atoms with Crippen molar-refractivity contribution in [2.24, 2.45) is 0 Å². The predicted molar refractivity (Wildman–Crippen MR) is 123 cm³/mol. The highest BCUT2D eigenvalue weighted by molar-refractivity contribution is 5.90. The van der Waals surface area contributed by atoms with Crippen molar-refractivity contribution < 1.29 is 19.1 Å². The molecule has 0 spiro atoms. The van der Waals surface area contributed by atoms with Gasteiger partial charge in [-0.15, -0.1) is 0 Å². The van der Waals surface area contributed by atoms with Crippen LogP contribution in [0, 0.1) is 0 Å². The fourth-order valence-corrected chi connectivity index (χ4v) is 3.83. The summed E-state index contributed by atoms with van der Waals surface area (Å²) in [6, 6.07) is 9.11. The van der Waals surface area contributed by atoms with E-state index in [0.29, 0.717) is 25.0 Å². The number of allylic oxidation sites excluding steroid dienone is 1. The SMILES string of the molecule is CCCCCC(=O)/C=C/C1CCC(=O)N1CCCCCCCOC(=O)c1ccccc1. The van der Waals surface area contributed by atoms with Gasteiger partial charge in [0.2, 0.25) is 5.91 Å². The number of amides is 1. The van der Waals surface area contributed by atoms with Gasteiger partial charge in [-0.1, -0.05) is 63.3 Å². The number of ketones is 1. The molecular formula is C26H37NO4. The number of unbranched alkanes of at least 4 members (excludes halogenated alkanes) is 6. The Morgan fingerprint density at radius 3 is 2.55 bits per heavy atom. The third-order valence-corrected chi connectivity index (χ3v) is 5.69. The average Bonchev–Trinajstić information content (AvgIpc) is 3.14. The average molecular weight is 428 g/mol. The van der Waals surface area contributed by atoms with E-state index < -0.39 is 0 Å². The molecule has 1 fully saturated rings. The number of likely N-dealkylation sites (tertiary alicyclic amines) is 1. The van der Waals surface area contributed by atoms with E-state index in [1.165, 1.54) is 0 Å². The molecule has 31 heavy (non-hydrogen) atoms. The van der Waals surface area contributed by atoms with Gasteiger partial charge in [0, 0.05) is 19.4 Å². The van der Waals surface area contributed by atoms with E-state index >= 15 is 0 Å². The number of ether oxygens (including phenoxy) is 1. The van der Waals surface area contributed by atoms with E-state index in [1.807, 2.05) is 29.2 Å². The first-order valence-corrected chi connectivity index (χ1v) is 11.8. The fraction of sp³-hybridized carbons (Fsp3) is 0.577. The Morgan fingerprint density at radius 1 is 1.03 bits per heavy atom. The van der Waals surface area contributed by atoms with E-state index in [1.54, 1.807) is 18.2 Å². The number of esters is 1. The molecule has 2 rings (SSSR count). The number of hydrogen-bond acceptors (Lipinski definition) is 4. The molecule has 1 atom stereocenters. The van der Waals surface area contributed by atoms with Crippen LogP contribution in [0.5, 0.6) is 0 Å². The minimum absolute atomic E-state index is 0.0695. The van der Waals surface area contributed by atoms with Crippen LogP contribution in [0.15, 0.2) is 42.5 Å². The summed E-state index contributed by atoms with van der Waals surface area (Å²) in [7, 11) is 0. The number of hydrogen-bond donors (Lipinski definition) is 0. The van der Waals surface area contributed by atoms with Gasteiger partial charge < -0.3 is 9.64 Å². The maximum atomic E-state index is 12.2. The molecule has 1 aliphatic heterocycles. The smallest absolute Gasteiger partial charge is 0.338 e. The molecule has 1 unspecified atom stereocenters. The van der Waals surface area contributed by atoms with Crippen LogP contribution < -0.4 is 0 Å². The molecular weight excluding hydrogens is 390 g/mol. The fourth-order valence-electron chi connectivity index (χ4n) is 3.83. The van der Waals surface area contributed by atoms with Gasteiger partial charge in [0.1, 0.15) is 0 Å². The highest BCUT2D eigenvalue weighted by atomic mass is 16.5. The Balaban J connectivity index is 1.56. The van der Waals surface area contributed by atoms with Crippen molar-refractivity contribution in [1.29, 1.82) is 0 Å². The van der Waals surface area contributed by atoms with E-state index in [4.69, 9.17) is 4.74 Å². The zero-order chi connectivity index (χ0) is 22.3. The third kappa shape index (κ3) is 9.50. The molecule has 0 aliphatic carbocycles. The molecule has 1 saturated heterocycles. The topological polar surface area (TPSA) is 63.7 Å². The van der Waals surface area contributed by atoms with E-state index in [0.717, 1.165) is 64.3 Å². The van der Waals surface area contributed by atoms with Gasteiger partial charge in [0.05, 0.1) is 18.2 Å². The van der Waals surface area contributed by atoms with Crippen molar-refractivity contribution >= 4 is 17.7 Å². The first-order valence-electron chi connectivity index (χ1n) is 11.8. The van der Waals surface area contributed by atoms with Crippen molar-refractivity contribution in [3.05, 3.63) is 48.0 Å². The molecule has 1 heterocycles. The van der Waals surface area contributed by atoms with Crippen LogP contribution in [-0.2, 0) is 14.3 Å². The second-order valence-electron chi connectivity index (χ2n) is 8.25. The van der Waals surface area contributed by atoms with E-state index in [-0.39, 0.29) is 23.7 Å². The number of carbonyl (C=O) groups is 3. The highest BCUT2D eigenvalue weighted by Gasteiger charge is 2.28. The minimum Gasteiger partial charge on any atom is -0.462 e. The lowest BCUT2D eigenvalue weighted by molar-refractivity contribution is -0.128. The maximum Gasteiger partial charge on any atom is 0.338 e. The first-order chi connectivity index (χ1) is 15.1. The molecule has 5 heteroatoms. The summed E-state index contributed by atoms with van der Waals surface area (Å²) < 4.78 is 5.29. The number of nitrogens with zero attached hydrogens (tertiary/aromatic N) is 1. The van der Waals surface area contributed by atoms with Crippen LogP contribution in [0.1, 0.15) is 87.9 Å². The van der Waals surface area contributed by atoms with Gasteiger partial charge in [-0.25, -0.2) is 4.79 Å². The van der Waals surface area contributed by atoms with E-state index in [9.17, 15) is 14.4 Å². The lowest BCUT2D eigenvalue weighted by atomic mass is 10.1. The predicted octanol–water partition coefficient (Wildman–Crippen LogP) is 5.49. The molecule has 0 N–H and O–H groups in total. The monoisotopic (exact) mass is 427 g/mol. The molecule has 0 aromatic heterocycles.